The van der Waals surface area contributed by atoms with Crippen LogP contribution in [0.25, 0.3) is 0 Å². The van der Waals surface area contributed by atoms with Crippen molar-refractivity contribution in [3.05, 3.63) is 18.3 Å². The third-order valence-corrected chi connectivity index (χ3v) is 3.81. The Morgan fingerprint density at radius 2 is 2.33 bits per heavy atom. The Morgan fingerprint density at radius 1 is 1.50 bits per heavy atom. The quantitative estimate of drug-likeness (QED) is 0.827. The zero-order chi connectivity index (χ0) is 13.0. The summed E-state index contributed by atoms with van der Waals surface area (Å²) >= 11 is 6.28. The fourth-order valence-corrected chi connectivity index (χ4v) is 2.69. The molecule has 1 saturated carbocycles. The second-order valence-corrected chi connectivity index (χ2v) is 5.67. The van der Waals surface area contributed by atoms with E-state index >= 15 is 0 Å². The van der Waals surface area contributed by atoms with Crippen molar-refractivity contribution in [1.82, 2.24) is 4.98 Å². The first kappa shape index (κ1) is 13.5. The van der Waals surface area contributed by atoms with Gasteiger partial charge in [0.05, 0.1) is 6.10 Å². The van der Waals surface area contributed by atoms with Gasteiger partial charge in [-0.3, -0.25) is 0 Å². The summed E-state index contributed by atoms with van der Waals surface area (Å²) in [6.45, 7) is 4.91. The number of nitrogens with zero attached hydrogens (tertiary/aromatic N) is 1. The smallest absolute Gasteiger partial charge is 0.168 e. The summed E-state index contributed by atoms with van der Waals surface area (Å²) in [6.07, 6.45) is 5.50. The fourth-order valence-electron chi connectivity index (χ4n) is 2.32. The molecule has 1 aromatic heterocycles. The van der Waals surface area contributed by atoms with E-state index in [1.807, 2.05) is 26.0 Å². The second kappa shape index (κ2) is 6.28. The number of halogens is 1. The lowest BCUT2D eigenvalue weighted by Gasteiger charge is -2.18. The molecule has 0 aliphatic heterocycles. The van der Waals surface area contributed by atoms with Crippen molar-refractivity contribution >= 4 is 17.4 Å². The molecule has 2 atom stereocenters. The summed E-state index contributed by atoms with van der Waals surface area (Å²) in [5.41, 5.74) is 0. The van der Waals surface area contributed by atoms with Crippen LogP contribution in [0.2, 0.25) is 0 Å². The summed E-state index contributed by atoms with van der Waals surface area (Å²) in [7, 11) is 0. The van der Waals surface area contributed by atoms with Gasteiger partial charge < -0.3 is 10.1 Å². The minimum Gasteiger partial charge on any atom is -0.487 e. The maximum absolute atomic E-state index is 6.28. The van der Waals surface area contributed by atoms with Crippen molar-refractivity contribution in [2.45, 2.75) is 44.6 Å². The maximum Gasteiger partial charge on any atom is 0.168 e. The zero-order valence-electron chi connectivity index (χ0n) is 11.0. The highest BCUT2D eigenvalue weighted by Gasteiger charge is 2.25. The molecule has 1 aliphatic rings. The van der Waals surface area contributed by atoms with E-state index in [0.717, 1.165) is 24.5 Å². The molecule has 0 radical (unpaired) electrons. The maximum atomic E-state index is 6.28. The van der Waals surface area contributed by atoms with E-state index in [1.165, 1.54) is 12.8 Å². The molecule has 0 bridgehead atoms. The Kier molecular flexibility index (Phi) is 4.70. The van der Waals surface area contributed by atoms with Gasteiger partial charge in [0.2, 0.25) is 0 Å². The first-order valence-electron chi connectivity index (χ1n) is 6.66. The summed E-state index contributed by atoms with van der Waals surface area (Å²) in [4.78, 5) is 4.34. The molecule has 1 heterocycles. The molecule has 100 valence electrons. The molecular formula is C14H21ClN2O. The number of hydrogen-bond donors (Lipinski definition) is 1. The molecule has 2 rings (SSSR count). The van der Waals surface area contributed by atoms with E-state index in [9.17, 15) is 0 Å². The molecular weight excluding hydrogens is 248 g/mol. The average molecular weight is 269 g/mol. The van der Waals surface area contributed by atoms with Gasteiger partial charge in [-0.1, -0.05) is 6.42 Å². The Hall–Kier alpha value is -0.960. The van der Waals surface area contributed by atoms with Crippen LogP contribution in [0.1, 0.15) is 33.1 Å². The van der Waals surface area contributed by atoms with Crippen molar-refractivity contribution in [1.29, 1.82) is 0 Å². The first-order valence-corrected chi connectivity index (χ1v) is 7.10. The van der Waals surface area contributed by atoms with Crippen LogP contribution in [-0.2, 0) is 0 Å². The van der Waals surface area contributed by atoms with Crippen molar-refractivity contribution < 1.29 is 4.74 Å². The normalized spacial score (nSPS) is 23.3. The van der Waals surface area contributed by atoms with E-state index < -0.39 is 0 Å². The van der Waals surface area contributed by atoms with E-state index in [4.69, 9.17) is 16.3 Å². The second-order valence-electron chi connectivity index (χ2n) is 5.10. The third kappa shape index (κ3) is 3.52. The highest BCUT2D eigenvalue weighted by Crippen LogP contribution is 2.31. The largest absolute Gasteiger partial charge is 0.487 e. The molecule has 0 spiro atoms. The van der Waals surface area contributed by atoms with E-state index in [-0.39, 0.29) is 6.10 Å². The molecule has 1 fully saturated rings. The summed E-state index contributed by atoms with van der Waals surface area (Å²) in [5, 5.41) is 3.67. The minimum atomic E-state index is 0.155. The van der Waals surface area contributed by atoms with Crippen LogP contribution >= 0.6 is 11.6 Å². The molecule has 0 saturated heterocycles. The highest BCUT2D eigenvalue weighted by molar-refractivity contribution is 6.20. The number of pyridine rings is 1. The predicted octanol–water partition coefficient (Wildman–Crippen LogP) is 3.69. The lowest BCUT2D eigenvalue weighted by Crippen LogP contribution is -2.19. The summed E-state index contributed by atoms with van der Waals surface area (Å²) < 4.78 is 5.73. The lowest BCUT2D eigenvalue weighted by atomic mass is 10.1. The van der Waals surface area contributed by atoms with E-state index in [0.29, 0.717) is 11.3 Å². The Balaban J connectivity index is 1.95. The predicted molar refractivity (Wildman–Crippen MR) is 75.5 cm³/mol. The van der Waals surface area contributed by atoms with Crippen LogP contribution in [0, 0.1) is 5.92 Å². The Morgan fingerprint density at radius 3 is 3.00 bits per heavy atom. The topological polar surface area (TPSA) is 34.1 Å². The summed E-state index contributed by atoms with van der Waals surface area (Å²) in [5.74, 6) is 2.18. The van der Waals surface area contributed by atoms with Gasteiger partial charge in [0.15, 0.2) is 11.6 Å². The number of anilines is 1. The van der Waals surface area contributed by atoms with Gasteiger partial charge in [0.1, 0.15) is 0 Å². The van der Waals surface area contributed by atoms with Gasteiger partial charge in [-0.25, -0.2) is 4.98 Å². The van der Waals surface area contributed by atoms with Crippen LogP contribution in [0.3, 0.4) is 0 Å². The Labute approximate surface area is 114 Å². The van der Waals surface area contributed by atoms with Crippen molar-refractivity contribution in [2.24, 2.45) is 5.92 Å². The van der Waals surface area contributed by atoms with Gasteiger partial charge in [-0.2, -0.15) is 0 Å². The summed E-state index contributed by atoms with van der Waals surface area (Å²) in [6, 6.07) is 3.84. The van der Waals surface area contributed by atoms with Gasteiger partial charge in [0, 0.05) is 18.1 Å². The van der Waals surface area contributed by atoms with Crippen LogP contribution in [0.5, 0.6) is 5.75 Å². The number of ether oxygens (including phenoxy) is 1. The molecule has 0 aromatic carbocycles. The fraction of sp³-hybridized carbons (Fsp3) is 0.643. The van der Waals surface area contributed by atoms with Crippen molar-refractivity contribution in [2.75, 3.05) is 11.9 Å². The molecule has 18 heavy (non-hydrogen) atoms. The Bertz CT molecular complexity index is 384. The number of hydrogen-bond acceptors (Lipinski definition) is 3. The van der Waals surface area contributed by atoms with Gasteiger partial charge in [0.25, 0.3) is 0 Å². The number of nitrogens with one attached hydrogen (secondary N) is 1. The minimum absolute atomic E-state index is 0.155. The highest BCUT2D eigenvalue weighted by atomic mass is 35.5. The third-order valence-electron chi connectivity index (χ3n) is 3.23. The van der Waals surface area contributed by atoms with Crippen LogP contribution in [-0.4, -0.2) is 23.0 Å². The molecule has 1 aromatic rings. The van der Waals surface area contributed by atoms with Crippen molar-refractivity contribution in [3.8, 4) is 5.75 Å². The SMILES string of the molecule is CC(C)Oc1cccnc1NCC1CCCC1Cl. The molecule has 2 unspecified atom stereocenters. The van der Waals surface area contributed by atoms with Crippen LogP contribution in [0.4, 0.5) is 5.82 Å². The van der Waals surface area contributed by atoms with Crippen molar-refractivity contribution in [3.63, 3.8) is 0 Å². The number of alkyl halides is 1. The first-order chi connectivity index (χ1) is 8.66. The molecule has 0 amide bonds. The number of aromatic nitrogens is 1. The lowest BCUT2D eigenvalue weighted by molar-refractivity contribution is 0.243. The van der Waals surface area contributed by atoms with Gasteiger partial charge in [-0.15, -0.1) is 11.6 Å². The number of rotatable bonds is 5. The van der Waals surface area contributed by atoms with Crippen LogP contribution < -0.4 is 10.1 Å². The monoisotopic (exact) mass is 268 g/mol. The molecule has 1 N–H and O–H groups in total. The molecule has 4 heteroatoms. The van der Waals surface area contributed by atoms with E-state index in [2.05, 4.69) is 10.3 Å². The standard InChI is InChI=1S/C14H21ClN2O/c1-10(2)18-13-7-4-8-16-14(13)17-9-11-5-3-6-12(11)15/h4,7-8,10-12H,3,5-6,9H2,1-2H3,(H,16,17). The molecule has 3 nitrogen and oxygen atoms in total. The van der Waals surface area contributed by atoms with Gasteiger partial charge >= 0.3 is 0 Å². The molecule has 1 aliphatic carbocycles. The average Bonchev–Trinajstić information content (AvgIpc) is 2.73. The van der Waals surface area contributed by atoms with Gasteiger partial charge in [-0.05, 0) is 44.7 Å². The zero-order valence-corrected chi connectivity index (χ0v) is 11.8. The van der Waals surface area contributed by atoms with E-state index in [1.54, 1.807) is 6.20 Å². The van der Waals surface area contributed by atoms with Crippen LogP contribution in [0.15, 0.2) is 18.3 Å².